The highest BCUT2D eigenvalue weighted by molar-refractivity contribution is 6.22. The van der Waals surface area contributed by atoms with Crippen LogP contribution in [0.4, 0.5) is 5.69 Å². The molecule has 3 aliphatic rings. The number of nitrogens with zero attached hydrogens (tertiary/aromatic N) is 1. The van der Waals surface area contributed by atoms with E-state index in [1.165, 1.54) is 4.90 Å². The van der Waals surface area contributed by atoms with Gasteiger partial charge in [-0.2, -0.15) is 0 Å². The van der Waals surface area contributed by atoms with Gasteiger partial charge in [-0.25, -0.2) is 4.90 Å². The molecule has 2 saturated heterocycles. The molecule has 4 atom stereocenters. The molecule has 1 aromatic carbocycles. The molecular formula is C20H25NO3. The zero-order chi connectivity index (χ0) is 17.5. The van der Waals surface area contributed by atoms with Gasteiger partial charge in [0.05, 0.1) is 28.7 Å². The van der Waals surface area contributed by atoms with E-state index in [4.69, 9.17) is 4.74 Å². The monoisotopic (exact) mass is 327 g/mol. The molecule has 2 aliphatic heterocycles. The normalized spacial score (nSPS) is 38.1. The fourth-order valence-corrected chi connectivity index (χ4v) is 4.61. The second-order valence-electron chi connectivity index (χ2n) is 8.96. The van der Waals surface area contributed by atoms with E-state index in [2.05, 4.69) is 34.6 Å². The lowest BCUT2D eigenvalue weighted by atomic mass is 9.70. The highest BCUT2D eigenvalue weighted by Gasteiger charge is 2.71. The summed E-state index contributed by atoms with van der Waals surface area (Å²) >= 11 is 0. The molecule has 3 fully saturated rings. The van der Waals surface area contributed by atoms with Gasteiger partial charge >= 0.3 is 0 Å². The smallest absolute Gasteiger partial charge is 0.237 e. The molecule has 4 rings (SSSR count). The van der Waals surface area contributed by atoms with E-state index in [1.54, 1.807) is 0 Å². The summed E-state index contributed by atoms with van der Waals surface area (Å²) in [5.41, 5.74) is 1.16. The Morgan fingerprint density at radius 1 is 1.00 bits per heavy atom. The molecule has 4 heteroatoms. The topological polar surface area (TPSA) is 49.9 Å². The van der Waals surface area contributed by atoms with E-state index < -0.39 is 0 Å². The zero-order valence-corrected chi connectivity index (χ0v) is 15.1. The fraction of sp³-hybridized carbons (Fsp3) is 0.600. The Hall–Kier alpha value is -1.68. The third-order valence-corrected chi connectivity index (χ3v) is 6.26. The number of ether oxygens (including phenoxy) is 1. The van der Waals surface area contributed by atoms with Gasteiger partial charge in [-0.05, 0) is 43.7 Å². The van der Waals surface area contributed by atoms with Gasteiger partial charge in [0.25, 0.3) is 0 Å². The van der Waals surface area contributed by atoms with Crippen molar-refractivity contribution in [1.82, 2.24) is 0 Å². The van der Waals surface area contributed by atoms with Crippen LogP contribution < -0.4 is 4.90 Å². The Labute approximate surface area is 143 Å². The van der Waals surface area contributed by atoms with Crippen LogP contribution in [-0.2, 0) is 19.7 Å². The standard InChI is InChI=1S/C20H25NO3/c1-18(2,3)14-8-6-7-9-15(14)21-16(22)12-10-19(4)20(5,24-19)11-13(12)17(21)23/h6-9,12-13H,10-11H2,1-5H3/t12-,13+,19+,20-. The van der Waals surface area contributed by atoms with Crippen molar-refractivity contribution in [1.29, 1.82) is 0 Å². The summed E-state index contributed by atoms with van der Waals surface area (Å²) in [6, 6.07) is 7.78. The Morgan fingerprint density at radius 3 is 2.00 bits per heavy atom. The first kappa shape index (κ1) is 15.8. The van der Waals surface area contributed by atoms with Crippen molar-refractivity contribution in [2.45, 2.75) is 64.1 Å². The lowest BCUT2D eigenvalue weighted by Crippen LogP contribution is -2.37. The molecular weight excluding hydrogens is 302 g/mol. The van der Waals surface area contributed by atoms with Crippen LogP contribution in [0.2, 0.25) is 0 Å². The molecule has 2 heterocycles. The number of amides is 2. The summed E-state index contributed by atoms with van der Waals surface area (Å²) < 4.78 is 5.88. The van der Waals surface area contributed by atoms with Gasteiger partial charge in [0.2, 0.25) is 11.8 Å². The summed E-state index contributed by atoms with van der Waals surface area (Å²) in [6.45, 7) is 10.4. The number of carbonyl (C=O) groups is 2. The Kier molecular flexibility index (Phi) is 2.96. The minimum absolute atomic E-state index is 0.0551. The van der Waals surface area contributed by atoms with Crippen molar-refractivity contribution in [3.8, 4) is 0 Å². The lowest BCUT2D eigenvalue weighted by Gasteiger charge is -2.26. The number of imide groups is 1. The van der Waals surface area contributed by atoms with Crippen LogP contribution in [-0.4, -0.2) is 23.0 Å². The Morgan fingerprint density at radius 2 is 1.50 bits per heavy atom. The van der Waals surface area contributed by atoms with E-state index in [0.717, 1.165) is 11.3 Å². The number of anilines is 1. The average Bonchev–Trinajstić information content (AvgIpc) is 2.98. The zero-order valence-electron chi connectivity index (χ0n) is 15.1. The van der Waals surface area contributed by atoms with Crippen molar-refractivity contribution in [3.05, 3.63) is 29.8 Å². The first-order valence-electron chi connectivity index (χ1n) is 8.75. The number of carbonyl (C=O) groups excluding carboxylic acids is 2. The van der Waals surface area contributed by atoms with Crippen LogP contribution in [0.1, 0.15) is 53.0 Å². The van der Waals surface area contributed by atoms with Gasteiger partial charge in [-0.3, -0.25) is 9.59 Å². The molecule has 2 amide bonds. The quantitative estimate of drug-likeness (QED) is 0.586. The number of rotatable bonds is 1. The number of hydrogen-bond acceptors (Lipinski definition) is 3. The molecule has 0 radical (unpaired) electrons. The highest BCUT2D eigenvalue weighted by atomic mass is 16.6. The van der Waals surface area contributed by atoms with Crippen LogP contribution in [0.25, 0.3) is 0 Å². The molecule has 128 valence electrons. The maximum atomic E-state index is 13.1. The van der Waals surface area contributed by atoms with Gasteiger partial charge < -0.3 is 4.74 Å². The fourth-order valence-electron chi connectivity index (χ4n) is 4.61. The van der Waals surface area contributed by atoms with Crippen molar-refractivity contribution < 1.29 is 14.3 Å². The van der Waals surface area contributed by atoms with Crippen molar-refractivity contribution >= 4 is 17.5 Å². The summed E-state index contributed by atoms with van der Waals surface area (Å²) in [5, 5.41) is 0. The molecule has 0 bridgehead atoms. The highest BCUT2D eigenvalue weighted by Crippen LogP contribution is 2.62. The molecule has 1 aliphatic carbocycles. The number of epoxide rings is 1. The van der Waals surface area contributed by atoms with Crippen molar-refractivity contribution in [2.24, 2.45) is 11.8 Å². The van der Waals surface area contributed by atoms with Crippen LogP contribution in [0, 0.1) is 11.8 Å². The first-order chi connectivity index (χ1) is 11.1. The summed E-state index contributed by atoms with van der Waals surface area (Å²) in [5.74, 6) is -0.599. The van der Waals surface area contributed by atoms with Crippen molar-refractivity contribution in [2.75, 3.05) is 4.90 Å². The second kappa shape index (κ2) is 4.48. The largest absolute Gasteiger partial charge is 0.363 e. The molecule has 0 spiro atoms. The number of benzene rings is 1. The predicted molar refractivity (Wildman–Crippen MR) is 91.7 cm³/mol. The van der Waals surface area contributed by atoms with Gasteiger partial charge in [-0.1, -0.05) is 39.0 Å². The lowest BCUT2D eigenvalue weighted by molar-refractivity contribution is -0.122. The maximum absolute atomic E-state index is 13.1. The summed E-state index contributed by atoms with van der Waals surface area (Å²) in [6.07, 6.45) is 1.29. The van der Waals surface area contributed by atoms with Crippen LogP contribution >= 0.6 is 0 Å². The minimum atomic E-state index is -0.246. The number of hydrogen-bond donors (Lipinski definition) is 0. The third kappa shape index (κ3) is 1.95. The summed E-state index contributed by atoms with van der Waals surface area (Å²) in [4.78, 5) is 27.6. The van der Waals surface area contributed by atoms with Gasteiger partial charge in [-0.15, -0.1) is 0 Å². The third-order valence-electron chi connectivity index (χ3n) is 6.26. The van der Waals surface area contributed by atoms with E-state index in [1.807, 2.05) is 24.3 Å². The van der Waals surface area contributed by atoms with E-state index >= 15 is 0 Å². The number of fused-ring (bicyclic) bond motifs is 2. The molecule has 0 unspecified atom stereocenters. The molecule has 4 nitrogen and oxygen atoms in total. The summed E-state index contributed by atoms with van der Waals surface area (Å²) in [7, 11) is 0. The maximum Gasteiger partial charge on any atom is 0.237 e. The molecule has 0 aromatic heterocycles. The van der Waals surface area contributed by atoms with Gasteiger partial charge in [0.15, 0.2) is 0 Å². The first-order valence-corrected chi connectivity index (χ1v) is 8.75. The van der Waals surface area contributed by atoms with Crippen molar-refractivity contribution in [3.63, 3.8) is 0 Å². The SMILES string of the molecule is CC(C)(C)c1ccccc1N1C(=O)[C@H]2C[C@@]3(C)O[C@@]3(C)C[C@H]2C1=O. The molecule has 1 saturated carbocycles. The van der Waals surface area contributed by atoms with E-state index in [9.17, 15) is 9.59 Å². The molecule has 1 aromatic rings. The Balaban J connectivity index is 1.75. The van der Waals surface area contributed by atoms with Crippen LogP contribution in [0.3, 0.4) is 0 Å². The van der Waals surface area contributed by atoms with E-state index in [0.29, 0.717) is 12.8 Å². The average molecular weight is 327 g/mol. The molecule has 0 N–H and O–H groups in total. The van der Waals surface area contributed by atoms with Gasteiger partial charge in [0.1, 0.15) is 0 Å². The predicted octanol–water partition coefficient (Wildman–Crippen LogP) is 3.43. The van der Waals surface area contributed by atoms with Gasteiger partial charge in [0, 0.05) is 0 Å². The molecule has 24 heavy (non-hydrogen) atoms. The van der Waals surface area contributed by atoms with E-state index in [-0.39, 0.29) is 40.3 Å². The number of para-hydroxylation sites is 1. The minimum Gasteiger partial charge on any atom is -0.363 e. The second-order valence-corrected chi connectivity index (χ2v) is 8.96. The Bertz CT molecular complexity index is 715. The van der Waals surface area contributed by atoms with Crippen LogP contribution in [0.5, 0.6) is 0 Å². The van der Waals surface area contributed by atoms with Crippen LogP contribution in [0.15, 0.2) is 24.3 Å².